The Morgan fingerprint density at radius 2 is 1.60 bits per heavy atom. The zero-order chi connectivity index (χ0) is 24.9. The molecule has 0 spiro atoms. The van der Waals surface area contributed by atoms with Gasteiger partial charge < -0.3 is 21.1 Å². The van der Waals surface area contributed by atoms with Crippen molar-refractivity contribution < 1.29 is 9.90 Å². The third kappa shape index (κ3) is 8.75. The van der Waals surface area contributed by atoms with Crippen LogP contribution in [0.5, 0.6) is 0 Å². The number of amides is 1. The molecule has 0 radical (unpaired) electrons. The van der Waals surface area contributed by atoms with Crippen LogP contribution in [0.25, 0.3) is 0 Å². The van der Waals surface area contributed by atoms with Crippen molar-refractivity contribution in [3.8, 4) is 0 Å². The van der Waals surface area contributed by atoms with E-state index >= 15 is 0 Å². The molecule has 0 saturated carbocycles. The van der Waals surface area contributed by atoms with E-state index in [9.17, 15) is 4.79 Å². The number of benzene rings is 2. The summed E-state index contributed by atoms with van der Waals surface area (Å²) < 4.78 is 0. The Kier molecular flexibility index (Phi) is 11.8. The number of nitrogens with zero attached hydrogens (tertiary/aromatic N) is 1. The van der Waals surface area contributed by atoms with Gasteiger partial charge in [-0.25, -0.2) is 0 Å². The molecule has 2 atom stereocenters. The molecule has 1 fully saturated rings. The lowest BCUT2D eigenvalue weighted by Crippen LogP contribution is -2.34. The number of hydrogen-bond acceptors (Lipinski definition) is 4. The molecule has 2 aromatic rings. The number of hydrogen-bond donors (Lipinski definition) is 3. The SMILES string of the molecule is CC(CO)NCCCCCCCCN1CCC(c2ccccc2C(C(N)=O)c2ccccc2)CC1. The first kappa shape index (κ1) is 27.4. The fourth-order valence-corrected chi connectivity index (χ4v) is 5.34. The molecule has 192 valence electrons. The molecule has 1 aliphatic rings. The summed E-state index contributed by atoms with van der Waals surface area (Å²) in [7, 11) is 0. The summed E-state index contributed by atoms with van der Waals surface area (Å²) in [5, 5.41) is 12.4. The van der Waals surface area contributed by atoms with Crippen molar-refractivity contribution in [2.24, 2.45) is 5.73 Å². The van der Waals surface area contributed by atoms with Crippen molar-refractivity contribution in [2.45, 2.75) is 76.2 Å². The number of primary amides is 1. The molecule has 0 aromatic heterocycles. The summed E-state index contributed by atoms with van der Waals surface area (Å²) in [4.78, 5) is 15.1. The van der Waals surface area contributed by atoms with Gasteiger partial charge in [-0.1, -0.05) is 80.3 Å². The molecule has 3 rings (SSSR count). The molecule has 0 aliphatic carbocycles. The first-order valence-corrected chi connectivity index (χ1v) is 13.6. The van der Waals surface area contributed by atoms with E-state index in [1.54, 1.807) is 0 Å². The molecule has 1 amide bonds. The van der Waals surface area contributed by atoms with Crippen LogP contribution in [0.3, 0.4) is 0 Å². The van der Waals surface area contributed by atoms with Gasteiger partial charge in [0.15, 0.2) is 0 Å². The van der Waals surface area contributed by atoms with Crippen LogP contribution in [-0.2, 0) is 4.79 Å². The maximum absolute atomic E-state index is 12.5. The molecule has 1 saturated heterocycles. The fraction of sp³-hybridized carbons (Fsp3) is 0.567. The number of nitrogens with two attached hydrogens (primary N) is 1. The Morgan fingerprint density at radius 3 is 2.29 bits per heavy atom. The topological polar surface area (TPSA) is 78.6 Å². The van der Waals surface area contributed by atoms with Gasteiger partial charge in [-0.05, 0) is 81.4 Å². The largest absolute Gasteiger partial charge is 0.395 e. The molecule has 2 aromatic carbocycles. The number of rotatable bonds is 15. The molecule has 2 unspecified atom stereocenters. The third-order valence-corrected chi connectivity index (χ3v) is 7.42. The van der Waals surface area contributed by atoms with Gasteiger partial charge in [0.05, 0.1) is 12.5 Å². The van der Waals surface area contributed by atoms with Gasteiger partial charge in [0, 0.05) is 6.04 Å². The third-order valence-electron chi connectivity index (χ3n) is 7.42. The van der Waals surface area contributed by atoms with Crippen LogP contribution in [0.2, 0.25) is 0 Å². The highest BCUT2D eigenvalue weighted by molar-refractivity contribution is 5.86. The second-order valence-electron chi connectivity index (χ2n) is 10.1. The molecular weight excluding hydrogens is 434 g/mol. The Labute approximate surface area is 212 Å². The van der Waals surface area contributed by atoms with Crippen molar-refractivity contribution in [1.82, 2.24) is 10.2 Å². The fourth-order valence-electron chi connectivity index (χ4n) is 5.34. The standard InChI is InChI=1S/C30H45N3O2/c1-24(23-34)32-19-11-4-2-3-5-12-20-33-21-17-25(18-22-33)27-15-9-10-16-28(27)29(30(31)35)26-13-7-6-8-14-26/h6-10,13-16,24-25,29,32,34H,2-5,11-12,17-23H2,1H3,(H2,31,35). The molecule has 5 heteroatoms. The smallest absolute Gasteiger partial charge is 0.229 e. The van der Waals surface area contributed by atoms with E-state index in [-0.39, 0.29) is 24.5 Å². The summed E-state index contributed by atoms with van der Waals surface area (Å²) in [5.74, 6) is -0.188. The first-order chi connectivity index (χ1) is 17.1. The predicted molar refractivity (Wildman–Crippen MR) is 145 cm³/mol. The highest BCUT2D eigenvalue weighted by Gasteiger charge is 2.27. The maximum Gasteiger partial charge on any atom is 0.229 e. The zero-order valence-corrected chi connectivity index (χ0v) is 21.5. The minimum atomic E-state index is -0.390. The Balaban J connectivity index is 1.41. The summed E-state index contributed by atoms with van der Waals surface area (Å²) in [6, 6.07) is 18.6. The normalized spacial score (nSPS) is 16.7. The number of carbonyl (C=O) groups is 1. The maximum atomic E-state index is 12.5. The molecule has 0 bridgehead atoms. The highest BCUT2D eigenvalue weighted by Crippen LogP contribution is 2.36. The molecule has 1 aliphatic heterocycles. The van der Waals surface area contributed by atoms with Gasteiger partial charge in [0.2, 0.25) is 5.91 Å². The second-order valence-corrected chi connectivity index (χ2v) is 10.1. The Bertz CT molecular complexity index is 865. The van der Waals surface area contributed by atoms with Crippen molar-refractivity contribution in [1.29, 1.82) is 0 Å². The molecular formula is C30H45N3O2. The van der Waals surface area contributed by atoms with Crippen LogP contribution >= 0.6 is 0 Å². The lowest BCUT2D eigenvalue weighted by Gasteiger charge is -2.33. The lowest BCUT2D eigenvalue weighted by atomic mass is 9.80. The van der Waals surface area contributed by atoms with Gasteiger partial charge in [-0.3, -0.25) is 4.79 Å². The number of piperidine rings is 1. The van der Waals surface area contributed by atoms with Gasteiger partial charge >= 0.3 is 0 Å². The first-order valence-electron chi connectivity index (χ1n) is 13.6. The van der Waals surface area contributed by atoms with E-state index in [1.165, 1.54) is 50.6 Å². The van der Waals surface area contributed by atoms with Crippen LogP contribution in [0.4, 0.5) is 0 Å². The van der Waals surface area contributed by atoms with Crippen molar-refractivity contribution in [3.05, 3.63) is 71.3 Å². The number of unbranched alkanes of at least 4 members (excludes halogenated alkanes) is 5. The summed E-state index contributed by atoms with van der Waals surface area (Å²) >= 11 is 0. The minimum Gasteiger partial charge on any atom is -0.395 e. The van der Waals surface area contributed by atoms with Crippen LogP contribution < -0.4 is 11.1 Å². The van der Waals surface area contributed by atoms with Crippen LogP contribution in [-0.4, -0.2) is 54.7 Å². The zero-order valence-electron chi connectivity index (χ0n) is 21.5. The minimum absolute atomic E-state index is 0.209. The van der Waals surface area contributed by atoms with Gasteiger partial charge in [0.1, 0.15) is 0 Å². The van der Waals surface area contributed by atoms with E-state index in [2.05, 4.69) is 28.4 Å². The van der Waals surface area contributed by atoms with Crippen molar-refractivity contribution >= 4 is 5.91 Å². The second kappa shape index (κ2) is 15.0. The molecule has 4 N–H and O–H groups in total. The number of likely N-dealkylation sites (tertiary alicyclic amines) is 1. The van der Waals surface area contributed by atoms with E-state index < -0.39 is 0 Å². The van der Waals surface area contributed by atoms with E-state index in [0.29, 0.717) is 5.92 Å². The summed E-state index contributed by atoms with van der Waals surface area (Å²) in [6.45, 7) is 6.68. The van der Waals surface area contributed by atoms with Gasteiger partial charge in [0.25, 0.3) is 0 Å². The molecule has 35 heavy (non-hydrogen) atoms. The van der Waals surface area contributed by atoms with Crippen LogP contribution in [0, 0.1) is 0 Å². The van der Waals surface area contributed by atoms with Crippen LogP contribution in [0.15, 0.2) is 54.6 Å². The van der Waals surface area contributed by atoms with Gasteiger partial charge in [-0.15, -0.1) is 0 Å². The monoisotopic (exact) mass is 479 g/mol. The average molecular weight is 480 g/mol. The average Bonchev–Trinajstić information content (AvgIpc) is 2.89. The van der Waals surface area contributed by atoms with Gasteiger partial charge in [-0.2, -0.15) is 0 Å². The quantitative estimate of drug-likeness (QED) is 0.321. The van der Waals surface area contributed by atoms with E-state index in [4.69, 9.17) is 10.8 Å². The molecule has 1 heterocycles. The van der Waals surface area contributed by atoms with E-state index in [0.717, 1.165) is 43.6 Å². The Hall–Kier alpha value is -2.21. The highest BCUT2D eigenvalue weighted by atomic mass is 16.3. The number of carbonyl (C=O) groups excluding carboxylic acids is 1. The van der Waals surface area contributed by atoms with Crippen molar-refractivity contribution in [3.63, 3.8) is 0 Å². The van der Waals surface area contributed by atoms with Crippen LogP contribution in [0.1, 0.15) is 86.8 Å². The number of aliphatic hydroxyl groups excluding tert-OH is 1. The molecule has 5 nitrogen and oxygen atoms in total. The van der Waals surface area contributed by atoms with Crippen molar-refractivity contribution in [2.75, 3.05) is 32.8 Å². The number of nitrogens with one attached hydrogen (secondary N) is 1. The number of aliphatic hydroxyl groups is 1. The Morgan fingerprint density at radius 1 is 0.971 bits per heavy atom. The van der Waals surface area contributed by atoms with E-state index in [1.807, 2.05) is 43.3 Å². The lowest BCUT2D eigenvalue weighted by molar-refractivity contribution is -0.118. The summed E-state index contributed by atoms with van der Waals surface area (Å²) in [5.41, 5.74) is 9.23. The predicted octanol–water partition coefficient (Wildman–Crippen LogP) is 4.79. The summed E-state index contributed by atoms with van der Waals surface area (Å²) in [6.07, 6.45) is 9.93.